The molecule has 3 rings (SSSR count). The molecule has 2 aromatic heterocycles. The fraction of sp³-hybridized carbons (Fsp3) is 0.200. The number of hydrogen-bond acceptors (Lipinski definition) is 5. The van der Waals surface area contributed by atoms with Crippen molar-refractivity contribution in [3.8, 4) is 11.6 Å². The van der Waals surface area contributed by atoms with Gasteiger partial charge in [0.2, 0.25) is 11.8 Å². The molecular formula is C15H14ClN3OS. The van der Waals surface area contributed by atoms with E-state index in [2.05, 4.69) is 22.2 Å². The topological polar surface area (TPSA) is 47.0 Å². The Labute approximate surface area is 131 Å². The SMILES string of the molecule is CCCNc1nc(Oc2ccccc2Cl)c2ccsc2n1. The molecule has 0 aliphatic rings. The maximum atomic E-state index is 6.14. The Morgan fingerprint density at radius 1 is 1.24 bits per heavy atom. The van der Waals surface area contributed by atoms with Gasteiger partial charge in [0.1, 0.15) is 10.6 Å². The molecule has 0 atom stereocenters. The molecule has 6 heteroatoms. The van der Waals surface area contributed by atoms with Crippen molar-refractivity contribution >= 4 is 39.1 Å². The first-order valence-electron chi connectivity index (χ1n) is 6.69. The van der Waals surface area contributed by atoms with Gasteiger partial charge in [-0.1, -0.05) is 30.7 Å². The average molecular weight is 320 g/mol. The van der Waals surface area contributed by atoms with E-state index >= 15 is 0 Å². The van der Waals surface area contributed by atoms with Crippen LogP contribution in [0.15, 0.2) is 35.7 Å². The number of thiophene rings is 1. The number of halogens is 1. The van der Waals surface area contributed by atoms with E-state index in [1.54, 1.807) is 17.4 Å². The van der Waals surface area contributed by atoms with E-state index in [1.807, 2.05) is 29.6 Å². The third kappa shape index (κ3) is 3.09. The highest BCUT2D eigenvalue weighted by molar-refractivity contribution is 7.16. The number of anilines is 1. The summed E-state index contributed by atoms with van der Waals surface area (Å²) in [5.74, 6) is 1.69. The lowest BCUT2D eigenvalue weighted by molar-refractivity contribution is 0.469. The van der Waals surface area contributed by atoms with Gasteiger partial charge in [-0.15, -0.1) is 11.3 Å². The van der Waals surface area contributed by atoms with E-state index in [9.17, 15) is 0 Å². The van der Waals surface area contributed by atoms with Crippen LogP contribution in [0, 0.1) is 0 Å². The second kappa shape index (κ2) is 6.28. The summed E-state index contributed by atoms with van der Waals surface area (Å²) in [6, 6.07) is 9.31. The average Bonchev–Trinajstić information content (AvgIpc) is 2.96. The molecule has 4 nitrogen and oxygen atoms in total. The molecule has 2 heterocycles. The Morgan fingerprint density at radius 2 is 2.10 bits per heavy atom. The van der Waals surface area contributed by atoms with Gasteiger partial charge >= 0.3 is 0 Å². The van der Waals surface area contributed by atoms with Crippen molar-refractivity contribution in [2.75, 3.05) is 11.9 Å². The van der Waals surface area contributed by atoms with Crippen LogP contribution in [0.5, 0.6) is 11.6 Å². The Hall–Kier alpha value is -1.85. The molecule has 0 bridgehead atoms. The highest BCUT2D eigenvalue weighted by Gasteiger charge is 2.12. The highest BCUT2D eigenvalue weighted by atomic mass is 35.5. The molecule has 1 N–H and O–H groups in total. The number of para-hydroxylation sites is 1. The summed E-state index contributed by atoms with van der Waals surface area (Å²) in [4.78, 5) is 9.83. The first-order valence-corrected chi connectivity index (χ1v) is 7.95. The molecule has 108 valence electrons. The molecule has 0 spiro atoms. The summed E-state index contributed by atoms with van der Waals surface area (Å²) in [5, 5.41) is 6.61. The summed E-state index contributed by atoms with van der Waals surface area (Å²) in [5.41, 5.74) is 0. The van der Waals surface area contributed by atoms with Crippen molar-refractivity contribution in [3.05, 3.63) is 40.7 Å². The zero-order valence-corrected chi connectivity index (χ0v) is 13.0. The lowest BCUT2D eigenvalue weighted by Crippen LogP contribution is -2.04. The Balaban J connectivity index is 2.00. The fourth-order valence-electron chi connectivity index (χ4n) is 1.85. The minimum Gasteiger partial charge on any atom is -0.437 e. The van der Waals surface area contributed by atoms with Crippen molar-refractivity contribution in [2.24, 2.45) is 0 Å². The fourth-order valence-corrected chi connectivity index (χ4v) is 2.78. The maximum absolute atomic E-state index is 6.14. The molecular weight excluding hydrogens is 306 g/mol. The predicted molar refractivity (Wildman–Crippen MR) is 87.7 cm³/mol. The number of rotatable bonds is 5. The van der Waals surface area contributed by atoms with Gasteiger partial charge in [0.25, 0.3) is 0 Å². The largest absolute Gasteiger partial charge is 0.437 e. The number of nitrogens with zero attached hydrogens (tertiary/aromatic N) is 2. The summed E-state index contributed by atoms with van der Waals surface area (Å²) in [6.45, 7) is 2.92. The Kier molecular flexibility index (Phi) is 4.22. The highest BCUT2D eigenvalue weighted by Crippen LogP contribution is 2.34. The van der Waals surface area contributed by atoms with Crippen LogP contribution in [0.25, 0.3) is 10.2 Å². The van der Waals surface area contributed by atoms with Crippen LogP contribution >= 0.6 is 22.9 Å². The van der Waals surface area contributed by atoms with Crippen molar-refractivity contribution in [1.29, 1.82) is 0 Å². The molecule has 0 saturated carbocycles. The number of ether oxygens (including phenoxy) is 1. The minimum absolute atomic E-state index is 0.521. The summed E-state index contributed by atoms with van der Waals surface area (Å²) >= 11 is 7.70. The third-order valence-electron chi connectivity index (χ3n) is 2.87. The van der Waals surface area contributed by atoms with Crippen LogP contribution < -0.4 is 10.1 Å². The van der Waals surface area contributed by atoms with Gasteiger partial charge in [-0.05, 0) is 30.0 Å². The van der Waals surface area contributed by atoms with E-state index in [-0.39, 0.29) is 0 Å². The zero-order valence-electron chi connectivity index (χ0n) is 11.5. The monoisotopic (exact) mass is 319 g/mol. The number of aromatic nitrogens is 2. The van der Waals surface area contributed by atoms with Crippen molar-refractivity contribution in [1.82, 2.24) is 9.97 Å². The number of nitrogens with one attached hydrogen (secondary N) is 1. The summed E-state index contributed by atoms with van der Waals surface area (Å²) in [6.07, 6.45) is 1.01. The first kappa shape index (κ1) is 14.1. The quantitative estimate of drug-likeness (QED) is 0.722. The Bertz CT molecular complexity index is 760. The second-order valence-electron chi connectivity index (χ2n) is 4.45. The minimum atomic E-state index is 0.521. The van der Waals surface area contributed by atoms with Gasteiger partial charge in [-0.2, -0.15) is 4.98 Å². The van der Waals surface area contributed by atoms with Crippen molar-refractivity contribution in [2.45, 2.75) is 13.3 Å². The van der Waals surface area contributed by atoms with E-state index in [0.29, 0.717) is 22.6 Å². The molecule has 3 aromatic rings. The van der Waals surface area contributed by atoms with Crippen molar-refractivity contribution in [3.63, 3.8) is 0 Å². The lowest BCUT2D eigenvalue weighted by atomic mass is 10.3. The number of benzene rings is 1. The smallest absolute Gasteiger partial charge is 0.232 e. The van der Waals surface area contributed by atoms with Crippen LogP contribution in [0.1, 0.15) is 13.3 Å². The van der Waals surface area contributed by atoms with Gasteiger partial charge in [-0.25, -0.2) is 4.98 Å². The van der Waals surface area contributed by atoms with Crippen LogP contribution in [0.4, 0.5) is 5.95 Å². The predicted octanol–water partition coefficient (Wildman–Crippen LogP) is 4.96. The van der Waals surface area contributed by atoms with E-state index < -0.39 is 0 Å². The lowest BCUT2D eigenvalue weighted by Gasteiger charge is -2.09. The van der Waals surface area contributed by atoms with Crippen LogP contribution in [0.3, 0.4) is 0 Å². The molecule has 0 saturated heterocycles. The molecule has 21 heavy (non-hydrogen) atoms. The molecule has 0 fully saturated rings. The van der Waals surface area contributed by atoms with E-state index in [1.165, 1.54) is 0 Å². The van der Waals surface area contributed by atoms with E-state index in [4.69, 9.17) is 16.3 Å². The molecule has 0 aliphatic heterocycles. The van der Waals surface area contributed by atoms with Crippen LogP contribution in [-0.2, 0) is 0 Å². The Morgan fingerprint density at radius 3 is 2.90 bits per heavy atom. The zero-order chi connectivity index (χ0) is 14.7. The molecule has 0 radical (unpaired) electrons. The normalized spacial score (nSPS) is 10.8. The molecule has 0 aliphatic carbocycles. The van der Waals surface area contributed by atoms with Gasteiger partial charge in [0, 0.05) is 6.54 Å². The molecule has 0 unspecified atom stereocenters. The van der Waals surface area contributed by atoms with Gasteiger partial charge in [0.05, 0.1) is 10.4 Å². The molecule has 1 aromatic carbocycles. The van der Waals surface area contributed by atoms with Gasteiger partial charge in [-0.3, -0.25) is 0 Å². The van der Waals surface area contributed by atoms with Gasteiger partial charge < -0.3 is 10.1 Å². The van der Waals surface area contributed by atoms with Gasteiger partial charge in [0.15, 0.2) is 0 Å². The maximum Gasteiger partial charge on any atom is 0.232 e. The summed E-state index contributed by atoms with van der Waals surface area (Å²) in [7, 11) is 0. The first-order chi connectivity index (χ1) is 10.3. The third-order valence-corrected chi connectivity index (χ3v) is 3.99. The second-order valence-corrected chi connectivity index (χ2v) is 5.75. The van der Waals surface area contributed by atoms with Crippen LogP contribution in [-0.4, -0.2) is 16.5 Å². The molecule has 0 amide bonds. The number of fused-ring (bicyclic) bond motifs is 1. The van der Waals surface area contributed by atoms with Crippen molar-refractivity contribution < 1.29 is 4.74 Å². The van der Waals surface area contributed by atoms with E-state index in [0.717, 1.165) is 23.2 Å². The standard InChI is InChI=1S/C15H14ClN3OS/c1-2-8-17-15-18-13(10-7-9-21-14(10)19-15)20-12-6-4-3-5-11(12)16/h3-7,9H,2,8H2,1H3,(H,17,18,19). The summed E-state index contributed by atoms with van der Waals surface area (Å²) < 4.78 is 5.88. The number of hydrogen-bond donors (Lipinski definition) is 1. The van der Waals surface area contributed by atoms with Crippen LogP contribution in [0.2, 0.25) is 5.02 Å².